The van der Waals surface area contributed by atoms with E-state index in [0.29, 0.717) is 31.8 Å². The van der Waals surface area contributed by atoms with Crippen LogP contribution < -0.4 is 10.6 Å². The molecule has 1 aromatic heterocycles. The number of hydrogen-bond acceptors (Lipinski definition) is 6. The molecule has 2 N–H and O–H groups in total. The predicted molar refractivity (Wildman–Crippen MR) is 154 cm³/mol. The predicted octanol–water partition coefficient (Wildman–Crippen LogP) is 4.37. The molecule has 7 nitrogen and oxygen atoms in total. The van der Waals surface area contributed by atoms with Crippen molar-refractivity contribution in [1.82, 2.24) is 20.5 Å². The van der Waals surface area contributed by atoms with E-state index in [0.717, 1.165) is 58.2 Å². The lowest BCUT2D eigenvalue weighted by atomic mass is 9.68. The molecule has 214 valence electrons. The molecule has 2 saturated heterocycles. The Labute approximate surface area is 238 Å². The summed E-state index contributed by atoms with van der Waals surface area (Å²) in [6, 6.07) is 14.2. The Morgan fingerprint density at radius 3 is 2.77 bits per heavy atom. The van der Waals surface area contributed by atoms with E-state index in [1.165, 1.54) is 48.1 Å². The monoisotopic (exact) mass is 544 g/mol. The highest BCUT2D eigenvalue weighted by Gasteiger charge is 2.48. The molecule has 7 rings (SSSR count). The second-order valence-electron chi connectivity index (χ2n) is 13.0. The van der Waals surface area contributed by atoms with E-state index in [4.69, 9.17) is 14.5 Å². The Bertz CT molecular complexity index is 1200. The first-order chi connectivity index (χ1) is 19.6. The standard InChI is InChI=1S/C33H44N4O3/c38-30(36-25-21-39-22-25)20-37-18-11-24-6-5-7-26-27(9-10-28(37)31(24)26)34-17-14-32(29-8-1-4-16-35-29)15-19-40-33(23-32)12-2-3-13-33/h1,4-8,16,25,27-28,34H,2-3,9-15,17-23H2,(H,36,38)/t27?,28?,32-/m1/s1. The first-order valence-corrected chi connectivity index (χ1v) is 15.6. The van der Waals surface area contributed by atoms with Gasteiger partial charge in [-0.05, 0) is 86.7 Å². The van der Waals surface area contributed by atoms with Crippen molar-refractivity contribution in [2.24, 2.45) is 0 Å². The third-order valence-corrected chi connectivity index (χ3v) is 10.5. The number of ether oxygens (including phenoxy) is 2. The van der Waals surface area contributed by atoms with Crippen molar-refractivity contribution in [3.05, 3.63) is 65.0 Å². The number of rotatable bonds is 8. The number of nitrogens with one attached hydrogen (secondary N) is 2. The van der Waals surface area contributed by atoms with Gasteiger partial charge in [0.15, 0.2) is 0 Å². The highest BCUT2D eigenvalue weighted by molar-refractivity contribution is 5.78. The van der Waals surface area contributed by atoms with Gasteiger partial charge >= 0.3 is 0 Å². The van der Waals surface area contributed by atoms with Crippen molar-refractivity contribution in [2.75, 3.05) is 39.5 Å². The van der Waals surface area contributed by atoms with Gasteiger partial charge in [-0.25, -0.2) is 0 Å². The van der Waals surface area contributed by atoms with Gasteiger partial charge in [-0.2, -0.15) is 0 Å². The molecule has 5 aliphatic rings. The van der Waals surface area contributed by atoms with Crippen molar-refractivity contribution in [2.45, 2.75) is 93.3 Å². The van der Waals surface area contributed by atoms with Gasteiger partial charge in [-0.1, -0.05) is 37.1 Å². The van der Waals surface area contributed by atoms with Crippen molar-refractivity contribution < 1.29 is 14.3 Å². The molecule has 4 heterocycles. The molecule has 1 spiro atoms. The van der Waals surface area contributed by atoms with Crippen LogP contribution in [0.5, 0.6) is 0 Å². The normalized spacial score (nSPS) is 29.6. The number of benzene rings is 1. The van der Waals surface area contributed by atoms with Crippen LogP contribution in [0.25, 0.3) is 0 Å². The van der Waals surface area contributed by atoms with Crippen LogP contribution in [-0.2, 0) is 26.1 Å². The van der Waals surface area contributed by atoms with E-state index in [2.05, 4.69) is 45.9 Å². The van der Waals surface area contributed by atoms with Gasteiger partial charge in [0.1, 0.15) is 0 Å². The van der Waals surface area contributed by atoms with Crippen molar-refractivity contribution in [3.63, 3.8) is 0 Å². The molecule has 1 saturated carbocycles. The summed E-state index contributed by atoms with van der Waals surface area (Å²) in [5.41, 5.74) is 5.75. The summed E-state index contributed by atoms with van der Waals surface area (Å²) >= 11 is 0. The fourth-order valence-electron chi connectivity index (χ4n) is 8.43. The molecule has 3 atom stereocenters. The largest absolute Gasteiger partial charge is 0.377 e. The van der Waals surface area contributed by atoms with Crippen LogP contribution in [0.2, 0.25) is 0 Å². The molecule has 2 aromatic rings. The number of carbonyl (C=O) groups excluding carboxylic acids is 1. The van der Waals surface area contributed by atoms with Gasteiger partial charge < -0.3 is 20.1 Å². The van der Waals surface area contributed by atoms with Crippen LogP contribution >= 0.6 is 0 Å². The number of aromatic nitrogens is 1. The number of amides is 1. The maximum Gasteiger partial charge on any atom is 0.234 e. The molecule has 1 amide bonds. The molecule has 40 heavy (non-hydrogen) atoms. The van der Waals surface area contributed by atoms with E-state index in [9.17, 15) is 4.79 Å². The molecule has 0 bridgehead atoms. The molecule has 7 heteroatoms. The fraction of sp³-hybridized carbons (Fsp3) is 0.636. The zero-order chi connectivity index (χ0) is 27.0. The second-order valence-corrected chi connectivity index (χ2v) is 13.0. The third kappa shape index (κ3) is 5.11. The van der Waals surface area contributed by atoms with Crippen LogP contribution in [-0.4, -0.2) is 66.9 Å². The van der Waals surface area contributed by atoms with Crippen LogP contribution in [0.3, 0.4) is 0 Å². The minimum atomic E-state index is 0.0493. The van der Waals surface area contributed by atoms with Gasteiger partial charge in [0.25, 0.3) is 0 Å². The smallest absolute Gasteiger partial charge is 0.234 e. The molecule has 3 aliphatic heterocycles. The molecule has 2 aliphatic carbocycles. The topological polar surface area (TPSA) is 75.7 Å². The zero-order valence-electron chi connectivity index (χ0n) is 23.7. The summed E-state index contributed by atoms with van der Waals surface area (Å²) in [7, 11) is 0. The Morgan fingerprint density at radius 2 is 1.98 bits per heavy atom. The number of pyridine rings is 1. The third-order valence-electron chi connectivity index (χ3n) is 10.5. The SMILES string of the molecule is O=C(CN1CCc2cccc3c2C1CCC3NCC[C@@]1(c2ccccn2)CCOC2(CCCC2)C1)NC1COC1. The molecular weight excluding hydrogens is 500 g/mol. The second kappa shape index (κ2) is 11.2. The van der Waals surface area contributed by atoms with Crippen LogP contribution in [0.4, 0.5) is 0 Å². The lowest BCUT2D eigenvalue weighted by Crippen LogP contribution is -2.52. The van der Waals surface area contributed by atoms with Gasteiger partial charge in [0.05, 0.1) is 31.4 Å². The average molecular weight is 545 g/mol. The van der Waals surface area contributed by atoms with Crippen molar-refractivity contribution in [3.8, 4) is 0 Å². The van der Waals surface area contributed by atoms with Gasteiger partial charge in [0, 0.05) is 42.5 Å². The number of hydrogen-bond donors (Lipinski definition) is 2. The number of nitrogens with zero attached hydrogens (tertiary/aromatic N) is 2. The Kier molecular flexibility index (Phi) is 7.41. The van der Waals surface area contributed by atoms with E-state index in [1.54, 1.807) is 0 Å². The molecule has 0 radical (unpaired) electrons. The van der Waals surface area contributed by atoms with Gasteiger partial charge in [-0.3, -0.25) is 14.7 Å². The summed E-state index contributed by atoms with van der Waals surface area (Å²) < 4.78 is 11.7. The van der Waals surface area contributed by atoms with E-state index in [-0.39, 0.29) is 23.0 Å². The molecule has 3 fully saturated rings. The summed E-state index contributed by atoms with van der Waals surface area (Å²) in [6.45, 7) is 4.52. The first kappa shape index (κ1) is 26.6. The highest BCUT2D eigenvalue weighted by atomic mass is 16.5. The summed E-state index contributed by atoms with van der Waals surface area (Å²) in [4.78, 5) is 20.1. The quantitative estimate of drug-likeness (QED) is 0.514. The average Bonchev–Trinajstić information content (AvgIpc) is 3.40. The van der Waals surface area contributed by atoms with Crippen LogP contribution in [0.15, 0.2) is 42.6 Å². The number of carbonyl (C=O) groups is 1. The maximum atomic E-state index is 12.8. The summed E-state index contributed by atoms with van der Waals surface area (Å²) in [5.74, 6) is 0.130. The summed E-state index contributed by atoms with van der Waals surface area (Å²) in [5, 5.41) is 7.15. The fourth-order valence-corrected chi connectivity index (χ4v) is 8.43. The van der Waals surface area contributed by atoms with Gasteiger partial charge in [-0.15, -0.1) is 0 Å². The Hall–Kier alpha value is -2.32. The van der Waals surface area contributed by atoms with E-state index in [1.807, 2.05) is 12.3 Å². The minimum absolute atomic E-state index is 0.0493. The molecule has 1 aromatic carbocycles. The van der Waals surface area contributed by atoms with Gasteiger partial charge in [0.2, 0.25) is 5.91 Å². The van der Waals surface area contributed by atoms with E-state index >= 15 is 0 Å². The lowest BCUT2D eigenvalue weighted by molar-refractivity contribution is -0.127. The Morgan fingerprint density at radius 1 is 1.07 bits per heavy atom. The van der Waals surface area contributed by atoms with Crippen molar-refractivity contribution in [1.29, 1.82) is 0 Å². The molecule has 2 unspecified atom stereocenters. The van der Waals surface area contributed by atoms with Crippen LogP contribution in [0.1, 0.15) is 92.3 Å². The molecular formula is C33H44N4O3. The maximum absolute atomic E-state index is 12.8. The van der Waals surface area contributed by atoms with Crippen LogP contribution in [0, 0.1) is 0 Å². The summed E-state index contributed by atoms with van der Waals surface area (Å²) in [6.07, 6.45) is 13.3. The van der Waals surface area contributed by atoms with Crippen molar-refractivity contribution >= 4 is 5.91 Å². The minimum Gasteiger partial charge on any atom is -0.377 e. The first-order valence-electron chi connectivity index (χ1n) is 15.6. The van der Waals surface area contributed by atoms with E-state index < -0.39 is 0 Å². The Balaban J connectivity index is 1.05. The lowest BCUT2D eigenvalue weighted by Gasteiger charge is -2.47. The highest BCUT2D eigenvalue weighted by Crippen LogP contribution is 2.50. The zero-order valence-corrected chi connectivity index (χ0v) is 23.7.